The van der Waals surface area contributed by atoms with E-state index in [9.17, 15) is 0 Å². The van der Waals surface area contributed by atoms with Crippen molar-refractivity contribution in [2.75, 3.05) is 13.2 Å². The van der Waals surface area contributed by atoms with Gasteiger partial charge in [-0.1, -0.05) is 26.5 Å². The molecule has 88 valence electrons. The van der Waals surface area contributed by atoms with E-state index in [4.69, 9.17) is 16.2 Å². The predicted molar refractivity (Wildman–Crippen MR) is 67.2 cm³/mol. The van der Waals surface area contributed by atoms with Gasteiger partial charge in [-0.2, -0.15) is 0 Å². The van der Waals surface area contributed by atoms with Crippen molar-refractivity contribution in [1.29, 1.82) is 0 Å². The van der Waals surface area contributed by atoms with Gasteiger partial charge in [-0.25, -0.2) is 0 Å². The summed E-state index contributed by atoms with van der Waals surface area (Å²) in [7, 11) is 0. The van der Waals surface area contributed by atoms with Crippen LogP contribution in [0.2, 0.25) is 0 Å². The van der Waals surface area contributed by atoms with Gasteiger partial charge < -0.3 is 16.2 Å². The minimum absolute atomic E-state index is 0.592. The summed E-state index contributed by atoms with van der Waals surface area (Å²) < 4.78 is 5.39. The molecule has 0 aliphatic rings. The quantitative estimate of drug-likeness (QED) is 0.403. The zero-order valence-corrected chi connectivity index (χ0v) is 10.1. The van der Waals surface area contributed by atoms with E-state index < -0.39 is 0 Å². The molecule has 0 unspecified atom stereocenters. The Morgan fingerprint density at radius 1 is 1.40 bits per heavy atom. The van der Waals surface area contributed by atoms with Crippen LogP contribution in [0, 0.1) is 0 Å². The fraction of sp³-hybridized carbons (Fsp3) is 0.500. The lowest BCUT2D eigenvalue weighted by atomic mass is 10.3. The van der Waals surface area contributed by atoms with Gasteiger partial charge in [0.05, 0.1) is 12.3 Å². The van der Waals surface area contributed by atoms with Crippen LogP contribution in [0.3, 0.4) is 0 Å². The number of allylic oxidation sites excluding steroid dienone is 3. The van der Waals surface area contributed by atoms with E-state index in [1.54, 1.807) is 12.2 Å². The zero-order valence-electron chi connectivity index (χ0n) is 10.1. The second-order valence-electron chi connectivity index (χ2n) is 2.50. The zero-order chi connectivity index (χ0) is 12.1. The smallest absolute Gasteiger partial charge is 0.137 e. The van der Waals surface area contributed by atoms with Crippen molar-refractivity contribution >= 4 is 0 Å². The molecule has 0 atom stereocenters. The summed E-state index contributed by atoms with van der Waals surface area (Å²) in [6.07, 6.45) is 5.99. The fourth-order valence-electron chi connectivity index (χ4n) is 0.808. The van der Waals surface area contributed by atoms with Crippen LogP contribution in [-0.2, 0) is 4.74 Å². The van der Waals surface area contributed by atoms with Crippen molar-refractivity contribution in [3.8, 4) is 0 Å². The molecule has 0 aliphatic carbocycles. The van der Waals surface area contributed by atoms with Crippen LogP contribution >= 0.6 is 0 Å². The molecular weight excluding hydrogens is 188 g/mol. The maximum atomic E-state index is 5.69. The molecular formula is C12H24N2O. The number of hydrogen-bond donors (Lipinski definition) is 2. The number of hydrogen-bond acceptors (Lipinski definition) is 3. The van der Waals surface area contributed by atoms with Crippen LogP contribution in [-0.4, -0.2) is 13.2 Å². The monoisotopic (exact) mass is 212 g/mol. The van der Waals surface area contributed by atoms with E-state index in [0.717, 1.165) is 6.42 Å². The van der Waals surface area contributed by atoms with Crippen LogP contribution < -0.4 is 11.5 Å². The van der Waals surface area contributed by atoms with Gasteiger partial charge in [-0.05, 0) is 32.0 Å². The molecule has 15 heavy (non-hydrogen) atoms. The lowest BCUT2D eigenvalue weighted by Crippen LogP contribution is -2.08. The van der Waals surface area contributed by atoms with Gasteiger partial charge in [-0.3, -0.25) is 0 Å². The van der Waals surface area contributed by atoms with Crippen molar-refractivity contribution < 1.29 is 4.74 Å². The Bertz CT molecular complexity index is 208. The molecule has 0 fully saturated rings. The molecule has 0 bridgehead atoms. The van der Waals surface area contributed by atoms with Crippen LogP contribution in [0.25, 0.3) is 0 Å². The van der Waals surface area contributed by atoms with Gasteiger partial charge in [0.2, 0.25) is 0 Å². The van der Waals surface area contributed by atoms with Crippen molar-refractivity contribution in [2.45, 2.75) is 27.2 Å². The molecule has 0 spiro atoms. The SMILES string of the molecule is C=C/C=C(N)\C(=C/C)OCCCN.CC. The molecule has 0 saturated carbocycles. The average molecular weight is 212 g/mol. The Labute approximate surface area is 93.5 Å². The molecule has 0 radical (unpaired) electrons. The third kappa shape index (κ3) is 9.09. The van der Waals surface area contributed by atoms with Gasteiger partial charge in [0.25, 0.3) is 0 Å². The maximum Gasteiger partial charge on any atom is 0.137 e. The second kappa shape index (κ2) is 12.8. The Kier molecular flexibility index (Phi) is 13.8. The lowest BCUT2D eigenvalue weighted by Gasteiger charge is -2.09. The minimum atomic E-state index is 0.592. The first-order valence-electron chi connectivity index (χ1n) is 5.34. The number of ether oxygens (including phenoxy) is 1. The third-order valence-electron chi connectivity index (χ3n) is 1.45. The van der Waals surface area contributed by atoms with Gasteiger partial charge >= 0.3 is 0 Å². The second-order valence-corrected chi connectivity index (χ2v) is 2.50. The summed E-state index contributed by atoms with van der Waals surface area (Å²) in [5.74, 6) is 0.688. The van der Waals surface area contributed by atoms with E-state index in [-0.39, 0.29) is 0 Å². The van der Waals surface area contributed by atoms with Crippen LogP contribution in [0.5, 0.6) is 0 Å². The molecule has 0 amide bonds. The predicted octanol–water partition coefficient (Wildman–Crippen LogP) is 2.31. The first kappa shape index (κ1) is 16.2. The Hall–Kier alpha value is -1.22. The summed E-state index contributed by atoms with van der Waals surface area (Å²) >= 11 is 0. The van der Waals surface area contributed by atoms with Gasteiger partial charge in [-0.15, -0.1) is 0 Å². The van der Waals surface area contributed by atoms with Crippen LogP contribution in [0.4, 0.5) is 0 Å². The number of rotatable bonds is 6. The summed E-state index contributed by atoms with van der Waals surface area (Å²) in [4.78, 5) is 0. The molecule has 0 heterocycles. The Morgan fingerprint density at radius 2 is 2.00 bits per heavy atom. The molecule has 0 rings (SSSR count). The van der Waals surface area contributed by atoms with Crippen molar-refractivity contribution in [3.63, 3.8) is 0 Å². The van der Waals surface area contributed by atoms with E-state index in [2.05, 4.69) is 6.58 Å². The molecule has 4 N–H and O–H groups in total. The summed E-state index contributed by atoms with van der Waals surface area (Å²) in [5.41, 5.74) is 11.6. The molecule has 0 aromatic rings. The highest BCUT2D eigenvalue weighted by atomic mass is 16.5. The average Bonchev–Trinajstić information content (AvgIpc) is 2.27. The van der Waals surface area contributed by atoms with Crippen molar-refractivity contribution in [3.05, 3.63) is 36.3 Å². The molecule has 3 heteroatoms. The summed E-state index contributed by atoms with van der Waals surface area (Å²) in [5, 5.41) is 0. The van der Waals surface area contributed by atoms with E-state index in [1.165, 1.54) is 0 Å². The highest BCUT2D eigenvalue weighted by Gasteiger charge is 1.98. The van der Waals surface area contributed by atoms with E-state index in [1.807, 2.05) is 26.8 Å². The fourth-order valence-corrected chi connectivity index (χ4v) is 0.808. The summed E-state index contributed by atoms with van der Waals surface area (Å²) in [6, 6.07) is 0. The van der Waals surface area contributed by atoms with Crippen molar-refractivity contribution in [2.24, 2.45) is 11.5 Å². The van der Waals surface area contributed by atoms with E-state index >= 15 is 0 Å². The first-order chi connectivity index (χ1) is 7.26. The molecule has 0 aliphatic heterocycles. The Morgan fingerprint density at radius 3 is 2.40 bits per heavy atom. The summed E-state index contributed by atoms with van der Waals surface area (Å²) in [6.45, 7) is 10.7. The first-order valence-corrected chi connectivity index (χ1v) is 5.34. The molecule has 0 aromatic carbocycles. The normalized spacial score (nSPS) is 11.5. The maximum absolute atomic E-state index is 5.69. The third-order valence-corrected chi connectivity index (χ3v) is 1.45. The van der Waals surface area contributed by atoms with Crippen LogP contribution in [0.1, 0.15) is 27.2 Å². The lowest BCUT2D eigenvalue weighted by molar-refractivity contribution is 0.216. The highest BCUT2D eigenvalue weighted by molar-refractivity contribution is 5.25. The highest BCUT2D eigenvalue weighted by Crippen LogP contribution is 2.06. The van der Waals surface area contributed by atoms with Crippen molar-refractivity contribution in [1.82, 2.24) is 0 Å². The number of nitrogens with two attached hydrogens (primary N) is 2. The van der Waals surface area contributed by atoms with E-state index in [0.29, 0.717) is 24.6 Å². The largest absolute Gasteiger partial charge is 0.492 e. The van der Waals surface area contributed by atoms with Crippen LogP contribution in [0.15, 0.2) is 36.3 Å². The minimum Gasteiger partial charge on any atom is -0.492 e. The van der Waals surface area contributed by atoms with Gasteiger partial charge in [0, 0.05) is 0 Å². The molecule has 0 aromatic heterocycles. The Balaban J connectivity index is 0. The standard InChI is InChI=1S/C10H18N2O.C2H6/c1-3-6-9(12)10(4-2)13-8-5-7-11;1-2/h3-4,6H,1,5,7-8,11-12H2,2H3;1-2H3/b9-6+,10-4+;. The van der Waals surface area contributed by atoms with Gasteiger partial charge in [0.15, 0.2) is 0 Å². The topological polar surface area (TPSA) is 61.3 Å². The molecule has 0 saturated heterocycles. The van der Waals surface area contributed by atoms with Gasteiger partial charge in [0.1, 0.15) is 5.76 Å². The molecule has 3 nitrogen and oxygen atoms in total.